The monoisotopic (exact) mass is 954 g/mol. The van der Waals surface area contributed by atoms with Crippen molar-refractivity contribution < 1.29 is 36.7 Å². The summed E-state index contributed by atoms with van der Waals surface area (Å²) in [6, 6.07) is 97.0. The third kappa shape index (κ3) is 14.5. The van der Waals surface area contributed by atoms with Crippen LogP contribution in [-0.2, 0) is 24.3 Å². The van der Waals surface area contributed by atoms with Gasteiger partial charge in [-0.2, -0.15) is 0 Å². The molecule has 0 bridgehead atoms. The molecule has 0 N–H and O–H groups in total. The summed E-state index contributed by atoms with van der Waals surface area (Å²) in [5.74, 6) is 0. The van der Waals surface area contributed by atoms with Crippen molar-refractivity contribution in [3.63, 3.8) is 0 Å². The molecule has 0 saturated carbocycles. The van der Waals surface area contributed by atoms with E-state index in [1.807, 2.05) is 6.79 Å². The third-order valence-electron chi connectivity index (χ3n) is 9.13. The molecule has 0 aliphatic heterocycles. The van der Waals surface area contributed by atoms with Gasteiger partial charge in [0.1, 0.15) is 6.79 Å². The fraction of sp³-hybridized carbons (Fsp3) is 0. The van der Waals surface area contributed by atoms with Gasteiger partial charge in [-0.1, -0.05) is 273 Å². The van der Waals surface area contributed by atoms with Gasteiger partial charge in [-0.25, -0.2) is 0 Å². The van der Waals surface area contributed by atoms with Crippen molar-refractivity contribution in [1.29, 1.82) is 0 Å². The van der Waals surface area contributed by atoms with Gasteiger partial charge in [-0.05, 0) is 71.5 Å². The van der Waals surface area contributed by atoms with Crippen molar-refractivity contribution in [3.05, 3.63) is 273 Å². The van der Waals surface area contributed by atoms with Crippen LogP contribution in [0.25, 0.3) is 0 Å². The first-order valence-electron chi connectivity index (χ1n) is 19.5. The number of rotatable bonds is 9. The zero-order valence-corrected chi connectivity index (χ0v) is 38.7. The number of hydrogen-bond acceptors (Lipinski definition) is 1. The van der Waals surface area contributed by atoms with Gasteiger partial charge in [0.05, 0.1) is 0 Å². The van der Waals surface area contributed by atoms with E-state index in [-0.39, 0.29) is 31.9 Å². The third-order valence-corrected chi connectivity index (χ3v) is 16.5. The Morgan fingerprint density at radius 2 is 0.279 bits per heavy atom. The molecule has 0 heterocycles. The van der Waals surface area contributed by atoms with Crippen molar-refractivity contribution in [3.8, 4) is 0 Å². The van der Waals surface area contributed by atoms with Crippen LogP contribution in [-0.4, -0.2) is 6.79 Å². The van der Waals surface area contributed by atoms with Crippen molar-refractivity contribution in [2.75, 3.05) is 0 Å². The predicted molar refractivity (Wildman–Crippen MR) is 263 cm³/mol. The maximum atomic E-state index is 8.00. The van der Waals surface area contributed by atoms with Crippen molar-refractivity contribution in [2.45, 2.75) is 0 Å². The quantitative estimate of drug-likeness (QED) is 0.111. The molecule has 9 aromatic carbocycles. The molecule has 6 heteroatoms. The number of carbonyl (C=O) groups is 1. The molecule has 0 atom stereocenters. The maximum absolute atomic E-state index is 8.00. The first-order chi connectivity index (χ1) is 29.3. The standard InChI is InChI=1S/3C18H15P.CH2O.ClH.Rh/c3*1-4-10-16(11-5-1)19(17-12-6-2-7-13-17)18-14-8-3-9-15-18;1-2;;/h3*1-15H;1H2;1H;/q;;;;;+1/p-1. The normalized spacial score (nSPS) is 9.95. The molecule has 0 aliphatic carbocycles. The Bertz CT molecular complexity index is 1890. The average molecular weight is 955 g/mol. The van der Waals surface area contributed by atoms with Crippen LogP contribution >= 0.6 is 23.8 Å². The van der Waals surface area contributed by atoms with Gasteiger partial charge in [0, 0.05) is 0 Å². The van der Waals surface area contributed by atoms with Gasteiger partial charge in [-0.15, -0.1) is 0 Å². The first-order valence-corrected chi connectivity index (χ1v) is 23.5. The Morgan fingerprint density at radius 1 is 0.197 bits per heavy atom. The average Bonchev–Trinajstić information content (AvgIpc) is 3.34. The molecule has 9 rings (SSSR count). The largest absolute Gasteiger partial charge is 1.00 e. The van der Waals surface area contributed by atoms with Crippen molar-refractivity contribution in [1.82, 2.24) is 0 Å². The van der Waals surface area contributed by atoms with E-state index in [0.29, 0.717) is 0 Å². The van der Waals surface area contributed by atoms with Gasteiger partial charge in [-0.3, -0.25) is 0 Å². The fourth-order valence-electron chi connectivity index (χ4n) is 6.54. The van der Waals surface area contributed by atoms with Crippen molar-refractivity contribution in [2.24, 2.45) is 0 Å². The maximum Gasteiger partial charge on any atom is 1.00 e. The van der Waals surface area contributed by atoms with E-state index in [2.05, 4.69) is 273 Å². The summed E-state index contributed by atoms with van der Waals surface area (Å²) in [6.45, 7) is 2.00. The minimum atomic E-state index is -0.446. The SMILES string of the molecule is C=O.[Cl-].[Rh+].c1ccc(P(c2ccccc2)c2ccccc2)cc1.c1ccc(P(c2ccccc2)c2ccccc2)cc1.c1ccc(P(c2ccccc2)c2ccccc2)cc1. The molecule has 0 amide bonds. The Hall–Kier alpha value is -5.15. The first kappa shape index (κ1) is 48.5. The summed E-state index contributed by atoms with van der Waals surface area (Å²) < 4.78 is 0. The summed E-state index contributed by atoms with van der Waals surface area (Å²) in [5.41, 5.74) is 0. The number of hydrogen-bond donors (Lipinski definition) is 0. The minimum absolute atomic E-state index is 0. The number of benzene rings is 9. The van der Waals surface area contributed by atoms with Crippen LogP contribution < -0.4 is 60.1 Å². The van der Waals surface area contributed by atoms with E-state index in [4.69, 9.17) is 4.79 Å². The van der Waals surface area contributed by atoms with Gasteiger partial charge in [0.15, 0.2) is 0 Å². The Kier molecular flexibility index (Phi) is 22.0. The summed E-state index contributed by atoms with van der Waals surface area (Å²) in [7, 11) is -1.34. The van der Waals surface area contributed by atoms with Crippen LogP contribution in [0, 0.1) is 0 Å². The van der Waals surface area contributed by atoms with Gasteiger partial charge in [0.25, 0.3) is 0 Å². The zero-order chi connectivity index (χ0) is 40.7. The van der Waals surface area contributed by atoms with E-state index in [1.54, 1.807) is 0 Å². The Balaban J connectivity index is 0.000000194. The van der Waals surface area contributed by atoms with Crippen LogP contribution in [0.3, 0.4) is 0 Å². The van der Waals surface area contributed by atoms with Crippen LogP contribution in [0.5, 0.6) is 0 Å². The van der Waals surface area contributed by atoms with Crippen molar-refractivity contribution >= 4 is 78.3 Å². The minimum Gasteiger partial charge on any atom is -1.00 e. The predicted octanol–water partition coefficient (Wildman–Crippen LogP) is 7.15. The molecule has 0 unspecified atom stereocenters. The molecule has 1 nitrogen and oxygen atoms in total. The van der Waals surface area contributed by atoms with E-state index in [1.165, 1.54) is 47.7 Å². The van der Waals surface area contributed by atoms with E-state index < -0.39 is 23.8 Å². The molecule has 0 fully saturated rings. The van der Waals surface area contributed by atoms with Crippen LogP contribution in [0.1, 0.15) is 0 Å². The molecule has 0 spiro atoms. The van der Waals surface area contributed by atoms with E-state index >= 15 is 0 Å². The number of carbonyl (C=O) groups excluding carboxylic acids is 1. The molecule has 304 valence electrons. The fourth-order valence-corrected chi connectivity index (χ4v) is 13.5. The summed E-state index contributed by atoms with van der Waals surface area (Å²) in [5, 5.41) is 12.6. The molecule has 0 radical (unpaired) electrons. The second-order valence-electron chi connectivity index (χ2n) is 13.0. The van der Waals surface area contributed by atoms with Gasteiger partial charge in [0.2, 0.25) is 0 Å². The van der Waals surface area contributed by atoms with Crippen LogP contribution in [0.4, 0.5) is 0 Å². The molecule has 9 aromatic rings. The van der Waals surface area contributed by atoms with Crippen LogP contribution in [0.2, 0.25) is 0 Å². The van der Waals surface area contributed by atoms with Gasteiger partial charge >= 0.3 is 19.5 Å². The molecular formula is C55H47ClOP3Rh. The summed E-state index contributed by atoms with van der Waals surface area (Å²) in [4.78, 5) is 8.00. The smallest absolute Gasteiger partial charge is 1.00 e. The number of halogens is 1. The molecule has 0 aliphatic rings. The molecule has 0 saturated heterocycles. The topological polar surface area (TPSA) is 17.1 Å². The second kappa shape index (κ2) is 27.6. The van der Waals surface area contributed by atoms with Gasteiger partial charge < -0.3 is 17.2 Å². The Labute approximate surface area is 385 Å². The molecular weight excluding hydrogens is 908 g/mol. The van der Waals surface area contributed by atoms with Crippen LogP contribution in [0.15, 0.2) is 273 Å². The van der Waals surface area contributed by atoms with E-state index in [0.717, 1.165) is 0 Å². The Morgan fingerprint density at radius 3 is 0.361 bits per heavy atom. The summed E-state index contributed by atoms with van der Waals surface area (Å²) >= 11 is 0. The second-order valence-corrected chi connectivity index (χ2v) is 19.7. The molecule has 0 aromatic heterocycles. The summed E-state index contributed by atoms with van der Waals surface area (Å²) in [6.07, 6.45) is 0. The molecule has 61 heavy (non-hydrogen) atoms. The zero-order valence-electron chi connectivity index (χ0n) is 33.6. The van der Waals surface area contributed by atoms with E-state index in [9.17, 15) is 0 Å².